The zero-order valence-corrected chi connectivity index (χ0v) is 10.2. The Morgan fingerprint density at radius 3 is 2.94 bits per heavy atom. The molecule has 1 N–H and O–H groups in total. The minimum atomic E-state index is -0.111. The third-order valence-corrected chi connectivity index (χ3v) is 3.89. The number of hydrogen-bond donors (Lipinski definition) is 1. The summed E-state index contributed by atoms with van der Waals surface area (Å²) in [7, 11) is 1.89. The van der Waals surface area contributed by atoms with E-state index < -0.39 is 0 Å². The van der Waals surface area contributed by atoms with Gasteiger partial charge in [-0.3, -0.25) is 4.68 Å². The van der Waals surface area contributed by atoms with Crippen LogP contribution in [0.15, 0.2) is 34.3 Å². The summed E-state index contributed by atoms with van der Waals surface area (Å²) in [6.07, 6.45) is 3.78. The maximum Gasteiger partial charge on any atom is 0.128 e. The SMILES string of the molecule is Cn1cc(Sc2ccc(F)c3c2CNC3)cn1. The Balaban J connectivity index is 1.96. The normalized spacial score (nSPS) is 14.0. The lowest BCUT2D eigenvalue weighted by Crippen LogP contribution is -2.00. The van der Waals surface area contributed by atoms with Gasteiger partial charge in [-0.1, -0.05) is 11.8 Å². The van der Waals surface area contributed by atoms with Gasteiger partial charge >= 0.3 is 0 Å². The van der Waals surface area contributed by atoms with E-state index in [9.17, 15) is 4.39 Å². The Labute approximate surface area is 103 Å². The average Bonchev–Trinajstić information content (AvgIpc) is 2.92. The van der Waals surface area contributed by atoms with Gasteiger partial charge in [0.1, 0.15) is 5.82 Å². The van der Waals surface area contributed by atoms with E-state index in [1.165, 1.54) is 0 Å². The largest absolute Gasteiger partial charge is 0.308 e. The molecule has 0 saturated heterocycles. The highest BCUT2D eigenvalue weighted by molar-refractivity contribution is 7.99. The molecule has 0 spiro atoms. The molecule has 2 heterocycles. The summed E-state index contributed by atoms with van der Waals surface area (Å²) in [5, 5.41) is 7.32. The second kappa shape index (κ2) is 4.16. The summed E-state index contributed by atoms with van der Waals surface area (Å²) in [4.78, 5) is 2.19. The van der Waals surface area contributed by atoms with Crippen molar-refractivity contribution in [3.8, 4) is 0 Å². The maximum atomic E-state index is 13.5. The summed E-state index contributed by atoms with van der Waals surface area (Å²) < 4.78 is 15.3. The van der Waals surface area contributed by atoms with Gasteiger partial charge in [-0.15, -0.1) is 0 Å². The smallest absolute Gasteiger partial charge is 0.128 e. The number of aromatic nitrogens is 2. The average molecular weight is 249 g/mol. The Bertz CT molecular complexity index is 565. The first-order valence-corrected chi connectivity index (χ1v) is 6.23. The van der Waals surface area contributed by atoms with E-state index in [1.54, 1.807) is 22.5 Å². The standard InChI is InChI=1S/C12H12FN3S/c1-16-7-8(4-15-16)17-12-3-2-11(13)9-5-14-6-10(9)12/h2-4,7,14H,5-6H2,1H3. The van der Waals surface area contributed by atoms with Gasteiger partial charge in [0.05, 0.1) is 11.1 Å². The Hall–Kier alpha value is -1.33. The van der Waals surface area contributed by atoms with Crippen LogP contribution in [0.4, 0.5) is 4.39 Å². The van der Waals surface area contributed by atoms with Crippen molar-refractivity contribution in [3.05, 3.63) is 41.5 Å². The lowest BCUT2D eigenvalue weighted by atomic mass is 10.1. The van der Waals surface area contributed by atoms with Crippen molar-refractivity contribution < 1.29 is 4.39 Å². The minimum absolute atomic E-state index is 0.111. The molecule has 0 fully saturated rings. The third-order valence-electron chi connectivity index (χ3n) is 2.84. The van der Waals surface area contributed by atoms with Crippen molar-refractivity contribution >= 4 is 11.8 Å². The molecule has 3 rings (SSSR count). The molecule has 17 heavy (non-hydrogen) atoms. The number of rotatable bonds is 2. The molecule has 1 aliphatic rings. The highest BCUT2D eigenvalue weighted by atomic mass is 32.2. The van der Waals surface area contributed by atoms with Crippen LogP contribution in [0, 0.1) is 5.82 Å². The molecule has 1 aromatic heterocycles. The summed E-state index contributed by atoms with van der Waals surface area (Å²) in [6, 6.07) is 3.39. The minimum Gasteiger partial charge on any atom is -0.308 e. The molecule has 3 nitrogen and oxygen atoms in total. The maximum absolute atomic E-state index is 13.5. The Kier molecular flexibility index (Phi) is 2.64. The van der Waals surface area contributed by atoms with Crippen molar-refractivity contribution in [1.82, 2.24) is 15.1 Å². The number of nitrogens with one attached hydrogen (secondary N) is 1. The van der Waals surface area contributed by atoms with Crippen LogP contribution in [-0.2, 0) is 20.1 Å². The molecule has 0 saturated carbocycles. The van der Waals surface area contributed by atoms with Crippen LogP contribution in [0.25, 0.3) is 0 Å². The van der Waals surface area contributed by atoms with Gasteiger partial charge in [0.2, 0.25) is 0 Å². The van der Waals surface area contributed by atoms with Crippen molar-refractivity contribution in [1.29, 1.82) is 0 Å². The van der Waals surface area contributed by atoms with Crippen LogP contribution < -0.4 is 5.32 Å². The second-order valence-electron chi connectivity index (χ2n) is 4.06. The van der Waals surface area contributed by atoms with E-state index in [2.05, 4.69) is 10.4 Å². The first-order chi connectivity index (χ1) is 8.24. The fraction of sp³-hybridized carbons (Fsp3) is 0.250. The van der Waals surface area contributed by atoms with Crippen molar-refractivity contribution in [3.63, 3.8) is 0 Å². The van der Waals surface area contributed by atoms with E-state index in [1.807, 2.05) is 25.5 Å². The number of benzene rings is 1. The predicted molar refractivity (Wildman–Crippen MR) is 64.3 cm³/mol. The Morgan fingerprint density at radius 1 is 1.35 bits per heavy atom. The number of hydrogen-bond acceptors (Lipinski definition) is 3. The molecule has 0 amide bonds. The summed E-state index contributed by atoms with van der Waals surface area (Å²) in [5.74, 6) is -0.111. The first-order valence-electron chi connectivity index (χ1n) is 5.41. The van der Waals surface area contributed by atoms with Crippen molar-refractivity contribution in [2.24, 2.45) is 7.05 Å². The molecule has 2 aromatic rings. The van der Waals surface area contributed by atoms with Crippen LogP contribution in [-0.4, -0.2) is 9.78 Å². The topological polar surface area (TPSA) is 29.9 Å². The zero-order valence-electron chi connectivity index (χ0n) is 9.40. The molecule has 0 radical (unpaired) electrons. The molecule has 0 atom stereocenters. The quantitative estimate of drug-likeness (QED) is 0.885. The first kappa shape index (κ1) is 10.8. The van der Waals surface area contributed by atoms with E-state index in [0.717, 1.165) is 27.5 Å². The molecule has 88 valence electrons. The Morgan fingerprint density at radius 2 is 2.18 bits per heavy atom. The van der Waals surface area contributed by atoms with E-state index in [-0.39, 0.29) is 5.82 Å². The fourth-order valence-corrected chi connectivity index (χ4v) is 3.03. The van der Waals surface area contributed by atoms with Gasteiger partial charge in [0.25, 0.3) is 0 Å². The predicted octanol–water partition coefficient (Wildman–Crippen LogP) is 2.31. The van der Waals surface area contributed by atoms with Gasteiger partial charge < -0.3 is 5.32 Å². The summed E-state index contributed by atoms with van der Waals surface area (Å²) in [5.41, 5.74) is 1.89. The number of halogens is 1. The van der Waals surface area contributed by atoms with Gasteiger partial charge in [0, 0.05) is 36.8 Å². The van der Waals surface area contributed by atoms with Gasteiger partial charge in [-0.25, -0.2) is 4.39 Å². The van der Waals surface area contributed by atoms with E-state index in [0.29, 0.717) is 6.54 Å². The van der Waals surface area contributed by atoms with Crippen LogP contribution in [0.3, 0.4) is 0 Å². The van der Waals surface area contributed by atoms with E-state index in [4.69, 9.17) is 0 Å². The fourth-order valence-electron chi connectivity index (χ4n) is 2.01. The second-order valence-corrected chi connectivity index (χ2v) is 5.17. The van der Waals surface area contributed by atoms with Crippen LogP contribution in [0.2, 0.25) is 0 Å². The van der Waals surface area contributed by atoms with Crippen LogP contribution in [0.1, 0.15) is 11.1 Å². The highest BCUT2D eigenvalue weighted by Crippen LogP contribution is 2.34. The molecule has 1 aromatic carbocycles. The van der Waals surface area contributed by atoms with Gasteiger partial charge in [0.15, 0.2) is 0 Å². The van der Waals surface area contributed by atoms with Crippen LogP contribution in [0.5, 0.6) is 0 Å². The lowest BCUT2D eigenvalue weighted by molar-refractivity contribution is 0.607. The van der Waals surface area contributed by atoms with Crippen molar-refractivity contribution in [2.75, 3.05) is 0 Å². The van der Waals surface area contributed by atoms with Gasteiger partial charge in [-0.2, -0.15) is 5.10 Å². The molecular weight excluding hydrogens is 237 g/mol. The monoisotopic (exact) mass is 249 g/mol. The van der Waals surface area contributed by atoms with Gasteiger partial charge in [-0.05, 0) is 17.7 Å². The molecule has 0 aliphatic carbocycles. The third kappa shape index (κ3) is 1.96. The highest BCUT2D eigenvalue weighted by Gasteiger charge is 2.18. The molecule has 5 heteroatoms. The number of fused-ring (bicyclic) bond motifs is 1. The lowest BCUT2D eigenvalue weighted by Gasteiger charge is -2.06. The van der Waals surface area contributed by atoms with E-state index >= 15 is 0 Å². The summed E-state index contributed by atoms with van der Waals surface area (Å²) >= 11 is 1.63. The van der Waals surface area contributed by atoms with Crippen LogP contribution >= 0.6 is 11.8 Å². The number of aryl methyl sites for hydroxylation is 1. The number of nitrogens with zero attached hydrogens (tertiary/aromatic N) is 2. The molecular formula is C12H12FN3S. The molecule has 1 aliphatic heterocycles. The molecule has 0 unspecified atom stereocenters. The molecule has 0 bridgehead atoms. The zero-order chi connectivity index (χ0) is 11.8. The van der Waals surface area contributed by atoms with Crippen molar-refractivity contribution in [2.45, 2.75) is 22.9 Å². The summed E-state index contributed by atoms with van der Waals surface area (Å²) in [6.45, 7) is 1.37.